The largest absolute Gasteiger partial charge is 0.497 e. The molecule has 112 valence electrons. The average Bonchev–Trinajstić information content (AvgIpc) is 2.49. The van der Waals surface area contributed by atoms with E-state index in [0.717, 1.165) is 16.3 Å². The van der Waals surface area contributed by atoms with Crippen molar-refractivity contribution in [2.24, 2.45) is 0 Å². The first-order valence-electron chi connectivity index (χ1n) is 6.86. The molecule has 2 nitrogen and oxygen atoms in total. The van der Waals surface area contributed by atoms with Crippen LogP contribution < -0.4 is 10.1 Å². The number of rotatable bonds is 5. The topological polar surface area (TPSA) is 21.3 Å². The van der Waals surface area contributed by atoms with Crippen LogP contribution in [0, 0.1) is 0 Å². The molecule has 0 aliphatic rings. The fourth-order valence-electron chi connectivity index (χ4n) is 2.30. The van der Waals surface area contributed by atoms with Crippen molar-refractivity contribution < 1.29 is 4.74 Å². The standard InChI is InChI=1S/C17H19Cl2NO/c1-11(13-4-7-15(21-3)8-5-13)20-12(2)16-10-14(18)6-9-17(16)19/h4-12,20H,1-3H3/t11-,12?/m1/s1. The van der Waals surface area contributed by atoms with Crippen LogP contribution in [0.5, 0.6) is 5.75 Å². The average molecular weight is 324 g/mol. The highest BCUT2D eigenvalue weighted by Gasteiger charge is 2.14. The maximum Gasteiger partial charge on any atom is 0.118 e. The summed E-state index contributed by atoms with van der Waals surface area (Å²) in [5.74, 6) is 0.858. The number of ether oxygens (including phenoxy) is 1. The Morgan fingerprint density at radius 1 is 0.952 bits per heavy atom. The fourth-order valence-corrected chi connectivity index (χ4v) is 2.76. The van der Waals surface area contributed by atoms with Crippen molar-refractivity contribution in [1.29, 1.82) is 0 Å². The van der Waals surface area contributed by atoms with Crippen molar-refractivity contribution in [3.05, 3.63) is 63.6 Å². The van der Waals surface area contributed by atoms with Crippen molar-refractivity contribution in [3.8, 4) is 5.75 Å². The Balaban J connectivity index is 2.10. The lowest BCUT2D eigenvalue weighted by molar-refractivity contribution is 0.414. The van der Waals surface area contributed by atoms with Crippen LogP contribution >= 0.6 is 23.2 Å². The smallest absolute Gasteiger partial charge is 0.118 e. The molecule has 2 atom stereocenters. The lowest BCUT2D eigenvalue weighted by Gasteiger charge is -2.22. The summed E-state index contributed by atoms with van der Waals surface area (Å²) in [5.41, 5.74) is 2.20. The lowest BCUT2D eigenvalue weighted by Crippen LogP contribution is -2.22. The summed E-state index contributed by atoms with van der Waals surface area (Å²) in [4.78, 5) is 0. The van der Waals surface area contributed by atoms with Gasteiger partial charge in [-0.3, -0.25) is 0 Å². The molecule has 0 aliphatic carbocycles. The van der Waals surface area contributed by atoms with E-state index < -0.39 is 0 Å². The molecule has 0 bridgehead atoms. The zero-order chi connectivity index (χ0) is 15.4. The Kier molecular flexibility index (Phi) is 5.51. The molecule has 1 N–H and O–H groups in total. The zero-order valence-electron chi connectivity index (χ0n) is 12.4. The third kappa shape index (κ3) is 4.13. The van der Waals surface area contributed by atoms with Crippen molar-refractivity contribution in [2.75, 3.05) is 7.11 Å². The first-order valence-corrected chi connectivity index (χ1v) is 7.62. The third-order valence-corrected chi connectivity index (χ3v) is 4.12. The summed E-state index contributed by atoms with van der Waals surface area (Å²) in [7, 11) is 1.67. The van der Waals surface area contributed by atoms with Gasteiger partial charge in [0.15, 0.2) is 0 Å². The van der Waals surface area contributed by atoms with Gasteiger partial charge >= 0.3 is 0 Å². The monoisotopic (exact) mass is 323 g/mol. The van der Waals surface area contributed by atoms with Gasteiger partial charge in [0.2, 0.25) is 0 Å². The van der Waals surface area contributed by atoms with Crippen LogP contribution in [0.3, 0.4) is 0 Å². The van der Waals surface area contributed by atoms with E-state index >= 15 is 0 Å². The Morgan fingerprint density at radius 2 is 1.62 bits per heavy atom. The van der Waals surface area contributed by atoms with Crippen molar-refractivity contribution >= 4 is 23.2 Å². The Hall–Kier alpha value is -1.22. The van der Waals surface area contributed by atoms with E-state index in [1.54, 1.807) is 13.2 Å². The second-order valence-electron chi connectivity index (χ2n) is 5.05. The number of hydrogen-bond donors (Lipinski definition) is 1. The molecule has 2 aromatic rings. The molecular formula is C17H19Cl2NO. The first-order chi connectivity index (χ1) is 10.0. The summed E-state index contributed by atoms with van der Waals surface area (Å²) in [6.07, 6.45) is 0. The van der Waals surface area contributed by atoms with Crippen molar-refractivity contribution in [3.63, 3.8) is 0 Å². The Bertz CT molecular complexity index is 598. The van der Waals surface area contributed by atoms with Gasteiger partial charge in [-0.2, -0.15) is 0 Å². The maximum atomic E-state index is 6.24. The number of benzene rings is 2. The Labute approximate surface area is 136 Å². The highest BCUT2D eigenvalue weighted by atomic mass is 35.5. The van der Waals surface area contributed by atoms with E-state index in [1.165, 1.54) is 5.56 Å². The van der Waals surface area contributed by atoms with Crippen LogP contribution in [0.1, 0.15) is 37.1 Å². The molecule has 0 saturated heterocycles. The predicted molar refractivity (Wildman–Crippen MR) is 89.4 cm³/mol. The predicted octanol–water partition coefficient (Wildman–Crippen LogP) is 5.41. The van der Waals surface area contributed by atoms with Crippen LogP contribution in [0.25, 0.3) is 0 Å². The minimum absolute atomic E-state index is 0.105. The summed E-state index contributed by atoms with van der Waals surface area (Å²) in [5, 5.41) is 4.95. The number of hydrogen-bond acceptors (Lipinski definition) is 2. The van der Waals surface area contributed by atoms with Gasteiger partial charge < -0.3 is 10.1 Å². The van der Waals surface area contributed by atoms with Crippen LogP contribution in [-0.4, -0.2) is 7.11 Å². The molecule has 21 heavy (non-hydrogen) atoms. The van der Waals surface area contributed by atoms with Crippen LogP contribution in [0.4, 0.5) is 0 Å². The van der Waals surface area contributed by atoms with E-state index in [-0.39, 0.29) is 12.1 Å². The minimum Gasteiger partial charge on any atom is -0.497 e. The van der Waals surface area contributed by atoms with E-state index in [4.69, 9.17) is 27.9 Å². The molecule has 0 fully saturated rings. The van der Waals surface area contributed by atoms with E-state index in [0.29, 0.717) is 5.02 Å². The van der Waals surface area contributed by atoms with E-state index in [1.807, 2.05) is 24.3 Å². The van der Waals surface area contributed by atoms with E-state index in [9.17, 15) is 0 Å². The molecule has 1 unspecified atom stereocenters. The second kappa shape index (κ2) is 7.17. The summed E-state index contributed by atoms with van der Waals surface area (Å²) >= 11 is 12.3. The maximum absolute atomic E-state index is 6.24. The van der Waals surface area contributed by atoms with E-state index in [2.05, 4.69) is 31.3 Å². The third-order valence-electron chi connectivity index (χ3n) is 3.54. The molecule has 0 spiro atoms. The Morgan fingerprint density at radius 3 is 2.24 bits per heavy atom. The summed E-state index contributed by atoms with van der Waals surface area (Å²) < 4.78 is 5.18. The highest BCUT2D eigenvalue weighted by Crippen LogP contribution is 2.28. The first kappa shape index (κ1) is 16.2. The molecule has 0 radical (unpaired) electrons. The highest BCUT2D eigenvalue weighted by molar-refractivity contribution is 6.33. The molecule has 4 heteroatoms. The number of methoxy groups -OCH3 is 1. The molecule has 2 aromatic carbocycles. The minimum atomic E-state index is 0.105. The van der Waals surface area contributed by atoms with Crippen molar-refractivity contribution in [1.82, 2.24) is 5.32 Å². The van der Waals surface area contributed by atoms with Gasteiger partial charge in [0, 0.05) is 22.1 Å². The van der Waals surface area contributed by atoms with Gasteiger partial charge in [-0.1, -0.05) is 35.3 Å². The molecule has 0 aliphatic heterocycles. The van der Waals surface area contributed by atoms with Gasteiger partial charge in [-0.15, -0.1) is 0 Å². The van der Waals surface area contributed by atoms with Crippen LogP contribution in [0.2, 0.25) is 10.0 Å². The zero-order valence-corrected chi connectivity index (χ0v) is 13.9. The number of halogens is 2. The molecule has 0 aromatic heterocycles. The van der Waals surface area contributed by atoms with Gasteiger partial charge in [0.1, 0.15) is 5.75 Å². The van der Waals surface area contributed by atoms with Gasteiger partial charge in [0.25, 0.3) is 0 Å². The van der Waals surface area contributed by atoms with Crippen LogP contribution in [0.15, 0.2) is 42.5 Å². The molecular weight excluding hydrogens is 305 g/mol. The van der Waals surface area contributed by atoms with Gasteiger partial charge in [-0.25, -0.2) is 0 Å². The molecule has 0 saturated carbocycles. The van der Waals surface area contributed by atoms with Gasteiger partial charge in [0.05, 0.1) is 7.11 Å². The van der Waals surface area contributed by atoms with Gasteiger partial charge in [-0.05, 0) is 55.3 Å². The molecule has 2 rings (SSSR count). The van der Waals surface area contributed by atoms with Crippen molar-refractivity contribution in [2.45, 2.75) is 25.9 Å². The fraction of sp³-hybridized carbons (Fsp3) is 0.294. The summed E-state index contributed by atoms with van der Waals surface area (Å²) in [6.45, 7) is 4.20. The SMILES string of the molecule is COc1ccc([C@@H](C)NC(C)c2cc(Cl)ccc2Cl)cc1. The quantitative estimate of drug-likeness (QED) is 0.793. The summed E-state index contributed by atoms with van der Waals surface area (Å²) in [6, 6.07) is 13.9. The lowest BCUT2D eigenvalue weighted by atomic mass is 10.0. The number of nitrogens with one attached hydrogen (secondary N) is 1. The molecule has 0 heterocycles. The van der Waals surface area contributed by atoms with Crippen LogP contribution in [-0.2, 0) is 0 Å². The normalized spacial score (nSPS) is 13.8. The molecule has 0 amide bonds. The second-order valence-corrected chi connectivity index (χ2v) is 5.89.